The van der Waals surface area contributed by atoms with Crippen molar-refractivity contribution in [3.8, 4) is 0 Å². The van der Waals surface area contributed by atoms with Crippen LogP contribution in [-0.4, -0.2) is 16.0 Å². The quantitative estimate of drug-likeness (QED) is 0.729. The largest absolute Gasteiger partial charge is 0.293 e. The Morgan fingerprint density at radius 3 is 2.38 bits per heavy atom. The van der Waals surface area contributed by atoms with Gasteiger partial charge in [-0.05, 0) is 53.2 Å². The molecule has 7 heteroatoms. The van der Waals surface area contributed by atoms with Crippen LogP contribution in [0.5, 0.6) is 0 Å². The Balaban J connectivity index is 1.82. The molecule has 3 rings (SSSR count). The van der Waals surface area contributed by atoms with Crippen molar-refractivity contribution in [3.63, 3.8) is 0 Å². The van der Waals surface area contributed by atoms with E-state index in [2.05, 4.69) is 0 Å². The molecule has 0 unspecified atom stereocenters. The van der Waals surface area contributed by atoms with Gasteiger partial charge in [0, 0.05) is 5.02 Å². The van der Waals surface area contributed by atoms with Crippen molar-refractivity contribution in [2.24, 2.45) is 0 Å². The molecule has 1 aliphatic rings. The van der Waals surface area contributed by atoms with E-state index in [0.717, 1.165) is 22.7 Å². The summed E-state index contributed by atoms with van der Waals surface area (Å²) in [6.45, 7) is -0.0372. The molecule has 0 radical (unpaired) electrons. The summed E-state index contributed by atoms with van der Waals surface area (Å²) in [5, 5.41) is -0.287. The SMILES string of the molecule is O=C1S/C(=C\c2ccc(F)cc2)C(=O)N1Cc1ccc(F)cc1Cl. The summed E-state index contributed by atoms with van der Waals surface area (Å²) in [7, 11) is 0. The number of rotatable bonds is 3. The summed E-state index contributed by atoms with van der Waals surface area (Å²) < 4.78 is 26.0. The van der Waals surface area contributed by atoms with Gasteiger partial charge in [0.25, 0.3) is 11.1 Å². The fourth-order valence-electron chi connectivity index (χ4n) is 2.17. The van der Waals surface area contributed by atoms with Gasteiger partial charge in [0.15, 0.2) is 0 Å². The molecule has 1 aliphatic heterocycles. The molecular weight excluding hydrogens is 356 g/mol. The van der Waals surface area contributed by atoms with Gasteiger partial charge in [0.2, 0.25) is 0 Å². The smallest absolute Gasteiger partial charge is 0.268 e. The lowest BCUT2D eigenvalue weighted by Gasteiger charge is -2.13. The first-order valence-electron chi connectivity index (χ1n) is 6.89. The van der Waals surface area contributed by atoms with Gasteiger partial charge in [-0.2, -0.15) is 0 Å². The predicted octanol–water partition coefficient (Wildman–Crippen LogP) is 4.85. The zero-order chi connectivity index (χ0) is 17.3. The first-order valence-corrected chi connectivity index (χ1v) is 8.08. The summed E-state index contributed by atoms with van der Waals surface area (Å²) in [6, 6.07) is 9.35. The highest BCUT2D eigenvalue weighted by Crippen LogP contribution is 2.34. The Morgan fingerprint density at radius 2 is 1.71 bits per heavy atom. The van der Waals surface area contributed by atoms with Gasteiger partial charge in [-0.3, -0.25) is 14.5 Å². The Labute approximate surface area is 145 Å². The van der Waals surface area contributed by atoms with Crippen molar-refractivity contribution in [1.29, 1.82) is 0 Å². The lowest BCUT2D eigenvalue weighted by Crippen LogP contribution is -2.27. The van der Waals surface area contributed by atoms with E-state index in [4.69, 9.17) is 11.6 Å². The minimum Gasteiger partial charge on any atom is -0.268 e. The van der Waals surface area contributed by atoms with Crippen LogP contribution in [0.3, 0.4) is 0 Å². The second kappa shape index (κ2) is 6.75. The van der Waals surface area contributed by atoms with Gasteiger partial charge in [0.1, 0.15) is 11.6 Å². The summed E-state index contributed by atoms with van der Waals surface area (Å²) in [4.78, 5) is 25.7. The second-order valence-electron chi connectivity index (χ2n) is 5.06. The van der Waals surface area contributed by atoms with Crippen molar-refractivity contribution in [2.45, 2.75) is 6.54 Å². The van der Waals surface area contributed by atoms with E-state index < -0.39 is 17.0 Å². The zero-order valence-corrected chi connectivity index (χ0v) is 13.7. The maximum Gasteiger partial charge on any atom is 0.293 e. The number of carbonyl (C=O) groups excluding carboxylic acids is 2. The highest BCUT2D eigenvalue weighted by Gasteiger charge is 2.35. The Hall–Kier alpha value is -2.18. The van der Waals surface area contributed by atoms with Gasteiger partial charge in [-0.1, -0.05) is 29.8 Å². The highest BCUT2D eigenvalue weighted by atomic mass is 35.5. The average Bonchev–Trinajstić information content (AvgIpc) is 2.79. The van der Waals surface area contributed by atoms with E-state index in [9.17, 15) is 18.4 Å². The molecule has 1 saturated heterocycles. The van der Waals surface area contributed by atoms with E-state index in [1.807, 2.05) is 0 Å². The molecule has 1 fully saturated rings. The third-order valence-electron chi connectivity index (χ3n) is 3.38. The lowest BCUT2D eigenvalue weighted by atomic mass is 10.2. The van der Waals surface area contributed by atoms with Crippen LogP contribution in [0, 0.1) is 11.6 Å². The maximum atomic E-state index is 13.1. The number of imide groups is 1. The van der Waals surface area contributed by atoms with Crippen molar-refractivity contribution in [3.05, 3.63) is 75.2 Å². The molecule has 0 atom stereocenters. The third kappa shape index (κ3) is 3.49. The summed E-state index contributed by atoms with van der Waals surface area (Å²) >= 11 is 6.73. The first kappa shape index (κ1) is 16.7. The number of benzene rings is 2. The lowest BCUT2D eigenvalue weighted by molar-refractivity contribution is -0.123. The van der Waals surface area contributed by atoms with Crippen molar-refractivity contribution >= 4 is 40.6 Å². The van der Waals surface area contributed by atoms with E-state index >= 15 is 0 Å². The van der Waals surface area contributed by atoms with Crippen LogP contribution in [0.2, 0.25) is 5.02 Å². The van der Waals surface area contributed by atoms with Crippen LogP contribution >= 0.6 is 23.4 Å². The number of nitrogens with zero attached hydrogens (tertiary/aromatic N) is 1. The summed E-state index contributed by atoms with van der Waals surface area (Å²) in [5.74, 6) is -1.34. The monoisotopic (exact) mass is 365 g/mol. The Kier molecular flexibility index (Phi) is 4.69. The molecule has 2 aromatic rings. The molecule has 0 saturated carbocycles. The van der Waals surface area contributed by atoms with E-state index in [1.165, 1.54) is 42.5 Å². The van der Waals surface area contributed by atoms with Crippen LogP contribution in [0.1, 0.15) is 11.1 Å². The molecule has 0 bridgehead atoms. The first-order chi connectivity index (χ1) is 11.4. The third-order valence-corrected chi connectivity index (χ3v) is 4.64. The van der Waals surface area contributed by atoms with Crippen LogP contribution in [0.25, 0.3) is 6.08 Å². The second-order valence-corrected chi connectivity index (χ2v) is 6.46. The normalized spacial score (nSPS) is 16.3. The molecule has 3 nitrogen and oxygen atoms in total. The molecular formula is C17H10ClF2NO2S. The Morgan fingerprint density at radius 1 is 1.04 bits per heavy atom. The van der Waals surface area contributed by atoms with Gasteiger partial charge in [-0.15, -0.1) is 0 Å². The van der Waals surface area contributed by atoms with Crippen LogP contribution in [0.15, 0.2) is 47.4 Å². The fraction of sp³-hybridized carbons (Fsp3) is 0.0588. The van der Waals surface area contributed by atoms with Crippen LogP contribution < -0.4 is 0 Å². The van der Waals surface area contributed by atoms with Crippen LogP contribution in [0.4, 0.5) is 13.6 Å². The minimum atomic E-state index is -0.492. The van der Waals surface area contributed by atoms with Crippen molar-refractivity contribution in [2.75, 3.05) is 0 Å². The van der Waals surface area contributed by atoms with Crippen molar-refractivity contribution < 1.29 is 18.4 Å². The number of halogens is 3. The maximum absolute atomic E-state index is 13.1. The molecule has 24 heavy (non-hydrogen) atoms. The molecule has 2 amide bonds. The fourth-order valence-corrected chi connectivity index (χ4v) is 3.23. The number of hydrogen-bond acceptors (Lipinski definition) is 3. The molecule has 2 aromatic carbocycles. The minimum absolute atomic E-state index is 0.0372. The molecule has 122 valence electrons. The molecule has 0 spiro atoms. The molecule has 1 heterocycles. The van der Waals surface area contributed by atoms with E-state index in [-0.39, 0.29) is 22.3 Å². The summed E-state index contributed by atoms with van der Waals surface area (Å²) in [5.41, 5.74) is 1.09. The van der Waals surface area contributed by atoms with Gasteiger partial charge >= 0.3 is 0 Å². The molecule has 0 N–H and O–H groups in total. The number of amides is 2. The number of thioether (sulfide) groups is 1. The number of hydrogen-bond donors (Lipinski definition) is 0. The van der Waals surface area contributed by atoms with Gasteiger partial charge < -0.3 is 0 Å². The molecule has 0 aromatic heterocycles. The van der Waals surface area contributed by atoms with Crippen LogP contribution in [-0.2, 0) is 11.3 Å². The predicted molar refractivity (Wildman–Crippen MR) is 89.3 cm³/mol. The zero-order valence-electron chi connectivity index (χ0n) is 12.1. The topological polar surface area (TPSA) is 37.4 Å². The summed E-state index contributed by atoms with van der Waals surface area (Å²) in [6.07, 6.45) is 1.52. The average molecular weight is 366 g/mol. The van der Waals surface area contributed by atoms with Crippen molar-refractivity contribution in [1.82, 2.24) is 4.90 Å². The number of carbonyl (C=O) groups is 2. The van der Waals surface area contributed by atoms with Gasteiger partial charge in [-0.25, -0.2) is 8.78 Å². The van der Waals surface area contributed by atoms with E-state index in [0.29, 0.717) is 11.1 Å². The molecule has 0 aliphatic carbocycles. The van der Waals surface area contributed by atoms with Gasteiger partial charge in [0.05, 0.1) is 11.4 Å². The standard InChI is InChI=1S/C17H10ClF2NO2S/c18-14-8-13(20)6-3-11(14)9-21-16(22)15(24-17(21)23)7-10-1-4-12(19)5-2-10/h1-8H,9H2/b15-7-. The Bertz CT molecular complexity index is 852. The van der Waals surface area contributed by atoms with E-state index in [1.54, 1.807) is 0 Å². The highest BCUT2D eigenvalue weighted by molar-refractivity contribution is 8.18.